The van der Waals surface area contributed by atoms with Gasteiger partial charge in [0.1, 0.15) is 0 Å². The van der Waals surface area contributed by atoms with Crippen LogP contribution < -0.4 is 14.4 Å². The number of amides is 2. The van der Waals surface area contributed by atoms with Gasteiger partial charge in [0, 0.05) is 4.90 Å². The van der Waals surface area contributed by atoms with Crippen LogP contribution in [0.4, 0.5) is 5.69 Å². The second kappa shape index (κ2) is 8.88. The first-order valence-corrected chi connectivity index (χ1v) is 10.6. The lowest BCUT2D eigenvalue weighted by molar-refractivity contribution is -0.119. The molecule has 31 heavy (non-hydrogen) atoms. The van der Waals surface area contributed by atoms with Crippen LogP contribution in [0.25, 0.3) is 5.57 Å². The van der Waals surface area contributed by atoms with Gasteiger partial charge in [-0.2, -0.15) is 0 Å². The molecule has 1 aliphatic rings. The number of hydrogen-bond acceptors (Lipinski definition) is 5. The van der Waals surface area contributed by atoms with Gasteiger partial charge in [0.2, 0.25) is 0 Å². The van der Waals surface area contributed by atoms with E-state index in [0.29, 0.717) is 38.3 Å². The van der Waals surface area contributed by atoms with E-state index in [-0.39, 0.29) is 0 Å². The summed E-state index contributed by atoms with van der Waals surface area (Å²) in [5.41, 5.74) is 1.20. The zero-order valence-electron chi connectivity index (χ0n) is 16.8. The third kappa shape index (κ3) is 3.92. The van der Waals surface area contributed by atoms with E-state index in [9.17, 15) is 9.59 Å². The van der Waals surface area contributed by atoms with E-state index in [2.05, 4.69) is 0 Å². The van der Waals surface area contributed by atoms with Crippen molar-refractivity contribution >= 4 is 46.4 Å². The molecule has 0 radical (unpaired) electrons. The standard InChI is InChI=1S/C24H18ClNO4S/c1-29-19-13-12-15(14-20(19)30-2)21-22(31-16-8-4-3-5-9-16)24(28)26(23(21)27)18-11-7-6-10-17(18)25/h3-14H,1-2H3. The second-order valence-electron chi connectivity index (χ2n) is 6.59. The van der Waals surface area contributed by atoms with Crippen LogP contribution in [0.1, 0.15) is 5.56 Å². The third-order valence-electron chi connectivity index (χ3n) is 4.77. The van der Waals surface area contributed by atoms with Gasteiger partial charge in [-0.1, -0.05) is 59.8 Å². The SMILES string of the molecule is COc1ccc(C2=C(Sc3ccccc3)C(=O)N(c3ccccc3Cl)C2=O)cc1OC. The lowest BCUT2D eigenvalue weighted by atomic mass is 10.1. The van der Waals surface area contributed by atoms with Gasteiger partial charge in [0.15, 0.2) is 11.5 Å². The number of carbonyl (C=O) groups excluding carboxylic acids is 2. The number of ether oxygens (including phenoxy) is 2. The summed E-state index contributed by atoms with van der Waals surface area (Å²) in [6, 6.07) is 21.4. The minimum atomic E-state index is -0.441. The van der Waals surface area contributed by atoms with Gasteiger partial charge in [-0.3, -0.25) is 9.59 Å². The van der Waals surface area contributed by atoms with Gasteiger partial charge in [-0.15, -0.1) is 0 Å². The molecule has 3 aromatic rings. The Hall–Kier alpha value is -3.22. The minimum Gasteiger partial charge on any atom is -0.493 e. The predicted octanol–water partition coefficient (Wildman–Crippen LogP) is 5.43. The quantitative estimate of drug-likeness (QED) is 0.467. The molecule has 1 heterocycles. The smallest absolute Gasteiger partial charge is 0.272 e. The normalized spacial score (nSPS) is 13.7. The Bertz CT molecular complexity index is 1190. The van der Waals surface area contributed by atoms with E-state index in [1.807, 2.05) is 30.3 Å². The van der Waals surface area contributed by atoms with E-state index in [1.54, 1.807) is 42.5 Å². The number of para-hydroxylation sites is 1. The van der Waals surface area contributed by atoms with Crippen molar-refractivity contribution < 1.29 is 19.1 Å². The number of anilines is 1. The first-order valence-electron chi connectivity index (χ1n) is 9.38. The van der Waals surface area contributed by atoms with Crippen molar-refractivity contribution in [2.75, 3.05) is 19.1 Å². The van der Waals surface area contributed by atoms with Crippen LogP contribution in [0.15, 0.2) is 82.6 Å². The molecule has 2 amide bonds. The molecule has 0 atom stereocenters. The maximum Gasteiger partial charge on any atom is 0.272 e. The molecule has 5 nitrogen and oxygen atoms in total. The number of thioether (sulfide) groups is 1. The Morgan fingerprint density at radius 1 is 0.806 bits per heavy atom. The molecule has 0 aromatic heterocycles. The highest BCUT2D eigenvalue weighted by molar-refractivity contribution is 8.04. The number of hydrogen-bond donors (Lipinski definition) is 0. The van der Waals surface area contributed by atoms with E-state index < -0.39 is 11.8 Å². The highest BCUT2D eigenvalue weighted by Gasteiger charge is 2.41. The fraction of sp³-hybridized carbons (Fsp3) is 0.0833. The first-order chi connectivity index (χ1) is 15.0. The van der Waals surface area contributed by atoms with Crippen LogP contribution in [0.2, 0.25) is 5.02 Å². The van der Waals surface area contributed by atoms with Gasteiger partial charge in [0.05, 0.1) is 35.4 Å². The lowest BCUT2D eigenvalue weighted by Gasteiger charge is -2.16. The summed E-state index contributed by atoms with van der Waals surface area (Å²) in [4.78, 5) is 29.3. The second-order valence-corrected chi connectivity index (χ2v) is 8.08. The van der Waals surface area contributed by atoms with E-state index in [4.69, 9.17) is 21.1 Å². The molecule has 0 bridgehead atoms. The summed E-state index contributed by atoms with van der Waals surface area (Å²) in [6.45, 7) is 0. The number of imide groups is 1. The molecule has 1 aliphatic heterocycles. The summed E-state index contributed by atoms with van der Waals surface area (Å²) >= 11 is 7.56. The van der Waals surface area contributed by atoms with Crippen molar-refractivity contribution in [2.45, 2.75) is 4.90 Å². The van der Waals surface area contributed by atoms with Crippen LogP contribution in [0.5, 0.6) is 11.5 Å². The molecular weight excluding hydrogens is 434 g/mol. The minimum absolute atomic E-state index is 0.291. The molecule has 156 valence electrons. The van der Waals surface area contributed by atoms with Crippen molar-refractivity contribution in [1.82, 2.24) is 0 Å². The largest absolute Gasteiger partial charge is 0.493 e. The van der Waals surface area contributed by atoms with E-state index in [1.165, 1.54) is 26.0 Å². The molecule has 4 rings (SSSR count). The third-order valence-corrected chi connectivity index (χ3v) is 6.18. The fourth-order valence-corrected chi connectivity index (χ4v) is 4.54. The van der Waals surface area contributed by atoms with Gasteiger partial charge in [-0.05, 0) is 42.0 Å². The molecule has 0 aliphatic carbocycles. The van der Waals surface area contributed by atoms with Crippen molar-refractivity contribution in [2.24, 2.45) is 0 Å². The van der Waals surface area contributed by atoms with Gasteiger partial charge < -0.3 is 9.47 Å². The highest BCUT2D eigenvalue weighted by Crippen LogP contribution is 2.44. The zero-order chi connectivity index (χ0) is 22.0. The molecule has 7 heteroatoms. The van der Waals surface area contributed by atoms with E-state index in [0.717, 1.165) is 9.80 Å². The van der Waals surface area contributed by atoms with Gasteiger partial charge >= 0.3 is 0 Å². The van der Waals surface area contributed by atoms with Crippen molar-refractivity contribution in [3.05, 3.63) is 88.3 Å². The predicted molar refractivity (Wildman–Crippen MR) is 123 cm³/mol. The van der Waals surface area contributed by atoms with Crippen LogP contribution in [-0.4, -0.2) is 26.0 Å². The van der Waals surface area contributed by atoms with Crippen LogP contribution in [-0.2, 0) is 9.59 Å². The average Bonchev–Trinajstić information content (AvgIpc) is 3.03. The molecule has 0 N–H and O–H groups in total. The number of benzene rings is 3. The van der Waals surface area contributed by atoms with Crippen molar-refractivity contribution in [3.8, 4) is 11.5 Å². The van der Waals surface area contributed by atoms with Crippen LogP contribution >= 0.6 is 23.4 Å². The summed E-state index contributed by atoms with van der Waals surface area (Å²) in [6.07, 6.45) is 0. The number of halogens is 1. The lowest BCUT2D eigenvalue weighted by Crippen LogP contribution is -2.31. The fourth-order valence-electron chi connectivity index (χ4n) is 3.31. The molecule has 0 unspecified atom stereocenters. The molecule has 3 aromatic carbocycles. The summed E-state index contributed by atoms with van der Waals surface area (Å²) in [5, 5.41) is 0.321. The number of methoxy groups -OCH3 is 2. The summed E-state index contributed by atoms with van der Waals surface area (Å²) in [5.74, 6) is 0.136. The van der Waals surface area contributed by atoms with Gasteiger partial charge in [-0.25, -0.2) is 4.90 Å². The van der Waals surface area contributed by atoms with Crippen molar-refractivity contribution in [3.63, 3.8) is 0 Å². The maximum atomic E-state index is 13.5. The van der Waals surface area contributed by atoms with Gasteiger partial charge in [0.25, 0.3) is 11.8 Å². The number of nitrogens with zero attached hydrogens (tertiary/aromatic N) is 1. The first kappa shape index (κ1) is 21.0. The molecular formula is C24H18ClNO4S. The molecule has 0 spiro atoms. The Labute approximate surface area is 189 Å². The van der Waals surface area contributed by atoms with Crippen LogP contribution in [0.3, 0.4) is 0 Å². The zero-order valence-corrected chi connectivity index (χ0v) is 18.4. The topological polar surface area (TPSA) is 55.8 Å². The van der Waals surface area contributed by atoms with Crippen molar-refractivity contribution in [1.29, 1.82) is 0 Å². The monoisotopic (exact) mass is 451 g/mol. The Morgan fingerprint density at radius 3 is 2.16 bits per heavy atom. The highest BCUT2D eigenvalue weighted by atomic mass is 35.5. The van der Waals surface area contributed by atoms with Crippen LogP contribution in [0, 0.1) is 0 Å². The molecule has 0 saturated carbocycles. The Balaban J connectivity index is 1.87. The average molecular weight is 452 g/mol. The molecule has 0 saturated heterocycles. The summed E-state index contributed by atoms with van der Waals surface area (Å²) in [7, 11) is 3.06. The number of rotatable bonds is 6. The van der Waals surface area contributed by atoms with E-state index >= 15 is 0 Å². The Morgan fingerprint density at radius 2 is 1.48 bits per heavy atom. The maximum absolute atomic E-state index is 13.5. The number of carbonyl (C=O) groups is 2. The Kier molecular flexibility index (Phi) is 6.02. The molecule has 0 fully saturated rings. The summed E-state index contributed by atoms with van der Waals surface area (Å²) < 4.78 is 10.7.